The van der Waals surface area contributed by atoms with E-state index in [0.29, 0.717) is 26.2 Å². The predicted molar refractivity (Wildman–Crippen MR) is 113 cm³/mol. The van der Waals surface area contributed by atoms with Crippen LogP contribution in [-0.2, 0) is 14.8 Å². The molecule has 9 heteroatoms. The molecule has 0 saturated carbocycles. The number of rotatable bonds is 6. The lowest BCUT2D eigenvalue weighted by atomic mass is 10.1. The van der Waals surface area contributed by atoms with E-state index in [-0.39, 0.29) is 23.8 Å². The van der Waals surface area contributed by atoms with Crippen LogP contribution in [0.1, 0.15) is 13.3 Å². The van der Waals surface area contributed by atoms with Crippen LogP contribution in [0.4, 0.5) is 20.2 Å². The number of carbonyl (C=O) groups is 1. The van der Waals surface area contributed by atoms with Gasteiger partial charge in [-0.3, -0.25) is 9.10 Å². The summed E-state index contributed by atoms with van der Waals surface area (Å²) in [5.74, 6) is -1.07. The van der Waals surface area contributed by atoms with Crippen molar-refractivity contribution in [2.24, 2.45) is 0 Å². The molecule has 1 aliphatic rings. The van der Waals surface area contributed by atoms with Gasteiger partial charge in [-0.2, -0.15) is 0 Å². The Bertz CT molecular complexity index is 974. The van der Waals surface area contributed by atoms with Crippen LogP contribution in [0.3, 0.4) is 0 Å². The molecule has 1 amide bonds. The number of piperazine rings is 1. The molecule has 2 aromatic carbocycles. The number of hydrogen-bond donors (Lipinski definition) is 0. The van der Waals surface area contributed by atoms with Crippen LogP contribution in [0, 0.1) is 11.6 Å². The van der Waals surface area contributed by atoms with Gasteiger partial charge >= 0.3 is 0 Å². The number of halogens is 2. The van der Waals surface area contributed by atoms with Gasteiger partial charge in [0.25, 0.3) is 0 Å². The van der Waals surface area contributed by atoms with Crippen molar-refractivity contribution >= 4 is 27.3 Å². The van der Waals surface area contributed by atoms with Gasteiger partial charge < -0.3 is 9.80 Å². The van der Waals surface area contributed by atoms with Crippen LogP contribution < -0.4 is 9.21 Å². The summed E-state index contributed by atoms with van der Waals surface area (Å²) >= 11 is 0. The third-order valence-electron chi connectivity index (χ3n) is 5.18. The smallest absolute Gasteiger partial charge is 0.246 e. The van der Waals surface area contributed by atoms with Gasteiger partial charge in [-0.25, -0.2) is 17.2 Å². The third kappa shape index (κ3) is 4.89. The maximum absolute atomic E-state index is 13.3. The molecule has 1 heterocycles. The molecular weight excluding hydrogens is 412 g/mol. The average Bonchev–Trinajstić information content (AvgIpc) is 2.72. The summed E-state index contributed by atoms with van der Waals surface area (Å²) in [4.78, 5) is 16.9. The van der Waals surface area contributed by atoms with Crippen LogP contribution in [0.5, 0.6) is 0 Å². The second-order valence-corrected chi connectivity index (χ2v) is 9.11. The minimum Gasteiger partial charge on any atom is -0.368 e. The van der Waals surface area contributed by atoms with E-state index in [1.807, 2.05) is 0 Å². The highest BCUT2D eigenvalue weighted by molar-refractivity contribution is 7.92. The van der Waals surface area contributed by atoms with E-state index in [9.17, 15) is 22.0 Å². The molecule has 1 atom stereocenters. The normalized spacial score (nSPS) is 15.7. The lowest BCUT2D eigenvalue weighted by Crippen LogP contribution is -2.56. The van der Waals surface area contributed by atoms with E-state index in [1.54, 1.807) is 24.0 Å². The number of sulfonamides is 1. The quantitative estimate of drug-likeness (QED) is 0.697. The topological polar surface area (TPSA) is 60.9 Å². The summed E-state index contributed by atoms with van der Waals surface area (Å²) < 4.78 is 52.5. The Morgan fingerprint density at radius 2 is 1.47 bits per heavy atom. The zero-order chi connectivity index (χ0) is 21.9. The second kappa shape index (κ2) is 8.99. The van der Waals surface area contributed by atoms with Crippen molar-refractivity contribution in [3.63, 3.8) is 0 Å². The van der Waals surface area contributed by atoms with Crippen molar-refractivity contribution in [1.29, 1.82) is 0 Å². The van der Waals surface area contributed by atoms with E-state index in [2.05, 4.69) is 4.90 Å². The highest BCUT2D eigenvalue weighted by Gasteiger charge is 2.35. The summed E-state index contributed by atoms with van der Waals surface area (Å²) in [6, 6.07) is 10.3. The summed E-state index contributed by atoms with van der Waals surface area (Å²) in [7, 11) is -3.77. The minimum absolute atomic E-state index is 0.254. The van der Waals surface area contributed by atoms with E-state index in [4.69, 9.17) is 0 Å². The lowest BCUT2D eigenvalue weighted by molar-refractivity contribution is -0.132. The van der Waals surface area contributed by atoms with Gasteiger partial charge in [-0.1, -0.05) is 6.92 Å². The fourth-order valence-electron chi connectivity index (χ4n) is 3.68. The molecule has 0 radical (unpaired) electrons. The van der Waals surface area contributed by atoms with Gasteiger partial charge in [0.15, 0.2) is 0 Å². The van der Waals surface area contributed by atoms with Crippen molar-refractivity contribution in [1.82, 2.24) is 4.90 Å². The fraction of sp³-hybridized carbons (Fsp3) is 0.381. The molecule has 30 heavy (non-hydrogen) atoms. The first-order chi connectivity index (χ1) is 14.2. The van der Waals surface area contributed by atoms with Gasteiger partial charge in [0, 0.05) is 31.9 Å². The molecule has 2 aromatic rings. The predicted octanol–water partition coefficient (Wildman–Crippen LogP) is 2.86. The minimum atomic E-state index is -3.77. The molecule has 0 spiro atoms. The fourth-order valence-corrected chi connectivity index (χ4v) is 4.89. The van der Waals surface area contributed by atoms with Crippen LogP contribution in [0.15, 0.2) is 48.5 Å². The van der Waals surface area contributed by atoms with Gasteiger partial charge in [0.05, 0.1) is 11.9 Å². The molecule has 162 valence electrons. The lowest BCUT2D eigenvalue weighted by Gasteiger charge is -2.39. The zero-order valence-electron chi connectivity index (χ0n) is 17.0. The Morgan fingerprint density at radius 1 is 0.967 bits per heavy atom. The Labute approximate surface area is 175 Å². The average molecular weight is 438 g/mol. The molecular formula is C21H25F2N3O3S. The Kier molecular flexibility index (Phi) is 6.60. The van der Waals surface area contributed by atoms with Crippen molar-refractivity contribution < 1.29 is 22.0 Å². The number of anilines is 2. The molecule has 0 bridgehead atoms. The van der Waals surface area contributed by atoms with Gasteiger partial charge in [-0.15, -0.1) is 0 Å². The molecule has 0 N–H and O–H groups in total. The monoisotopic (exact) mass is 437 g/mol. The van der Waals surface area contributed by atoms with Gasteiger partial charge in [-0.05, 0) is 55.0 Å². The molecule has 1 aliphatic heterocycles. The summed E-state index contributed by atoms with van der Waals surface area (Å²) in [5.41, 5.74) is 1.13. The summed E-state index contributed by atoms with van der Waals surface area (Å²) in [6.45, 7) is 3.72. The largest absolute Gasteiger partial charge is 0.368 e. The first kappa shape index (κ1) is 22.0. The van der Waals surface area contributed by atoms with Crippen molar-refractivity contribution in [2.45, 2.75) is 19.4 Å². The molecule has 1 fully saturated rings. The van der Waals surface area contributed by atoms with Crippen LogP contribution in [0.25, 0.3) is 0 Å². The van der Waals surface area contributed by atoms with Crippen LogP contribution in [-0.4, -0.2) is 57.7 Å². The highest BCUT2D eigenvalue weighted by atomic mass is 32.2. The van der Waals surface area contributed by atoms with E-state index in [1.165, 1.54) is 36.4 Å². The van der Waals surface area contributed by atoms with E-state index < -0.39 is 21.9 Å². The Balaban J connectivity index is 1.76. The SMILES string of the molecule is CCC(C(=O)N1CCN(c2ccc(F)cc2)CC1)N(c1ccc(F)cc1)S(C)(=O)=O. The number of nitrogens with zero attached hydrogens (tertiary/aromatic N) is 3. The Hall–Kier alpha value is -2.68. The molecule has 1 saturated heterocycles. The van der Waals surface area contributed by atoms with Gasteiger partial charge in [0.2, 0.25) is 15.9 Å². The van der Waals surface area contributed by atoms with Gasteiger partial charge in [0.1, 0.15) is 17.7 Å². The van der Waals surface area contributed by atoms with Crippen LogP contribution in [0.2, 0.25) is 0 Å². The number of benzene rings is 2. The first-order valence-corrected chi connectivity index (χ1v) is 11.6. The second-order valence-electron chi connectivity index (χ2n) is 7.25. The number of carbonyl (C=O) groups excluding carboxylic acids is 1. The zero-order valence-corrected chi connectivity index (χ0v) is 17.8. The Morgan fingerprint density at radius 3 is 1.93 bits per heavy atom. The maximum Gasteiger partial charge on any atom is 0.246 e. The molecule has 6 nitrogen and oxygen atoms in total. The molecule has 0 aromatic heterocycles. The van der Waals surface area contributed by atoms with Crippen molar-refractivity contribution in [2.75, 3.05) is 41.6 Å². The summed E-state index contributed by atoms with van der Waals surface area (Å²) in [6.07, 6.45) is 1.32. The molecule has 0 aliphatic carbocycles. The van der Waals surface area contributed by atoms with E-state index in [0.717, 1.165) is 16.2 Å². The van der Waals surface area contributed by atoms with E-state index >= 15 is 0 Å². The van der Waals surface area contributed by atoms with Crippen molar-refractivity contribution in [3.05, 3.63) is 60.2 Å². The number of amides is 1. The van der Waals surface area contributed by atoms with Crippen LogP contribution >= 0.6 is 0 Å². The highest BCUT2D eigenvalue weighted by Crippen LogP contribution is 2.25. The number of hydrogen-bond acceptors (Lipinski definition) is 4. The molecule has 1 unspecified atom stereocenters. The third-order valence-corrected chi connectivity index (χ3v) is 6.36. The molecule has 3 rings (SSSR count). The standard InChI is InChI=1S/C21H25F2N3O3S/c1-3-20(26(30(2,28)29)19-10-6-17(23)7-11-19)21(27)25-14-12-24(13-15-25)18-8-4-16(22)5-9-18/h4-11,20H,3,12-15H2,1-2H3. The summed E-state index contributed by atoms with van der Waals surface area (Å²) in [5, 5.41) is 0. The maximum atomic E-state index is 13.3. The first-order valence-electron chi connectivity index (χ1n) is 9.75. The van der Waals surface area contributed by atoms with Crippen molar-refractivity contribution in [3.8, 4) is 0 Å².